The van der Waals surface area contributed by atoms with Crippen LogP contribution in [0.15, 0.2) is 59.8 Å². The summed E-state index contributed by atoms with van der Waals surface area (Å²) in [6.07, 6.45) is 0.960. The molecule has 0 saturated heterocycles. The van der Waals surface area contributed by atoms with Gasteiger partial charge >= 0.3 is 0 Å². The summed E-state index contributed by atoms with van der Waals surface area (Å²) in [5.74, 6) is 1.67. The molecule has 0 aliphatic rings. The Labute approximate surface area is 171 Å². The zero-order valence-electron chi connectivity index (χ0n) is 16.5. The maximum atomic E-state index is 9.34. The first-order valence-corrected chi connectivity index (χ1v) is 10.4. The zero-order valence-corrected chi connectivity index (χ0v) is 17.4. The van der Waals surface area contributed by atoms with E-state index in [1.54, 1.807) is 11.8 Å². The van der Waals surface area contributed by atoms with Crippen LogP contribution in [0.5, 0.6) is 0 Å². The molecule has 5 nitrogen and oxygen atoms in total. The minimum Gasteiger partial charge on any atom is -0.300 e. The molecular weight excluding hydrogens is 366 g/mol. The molecule has 0 aliphatic heterocycles. The molecule has 2 aromatic carbocycles. The third kappa shape index (κ3) is 4.61. The highest BCUT2D eigenvalue weighted by molar-refractivity contribution is 7.98. The molecule has 0 N–H and O–H groups in total. The first-order chi connectivity index (χ1) is 13.6. The Morgan fingerprint density at radius 2 is 1.79 bits per heavy atom. The molecule has 0 amide bonds. The number of benzene rings is 2. The number of aromatic nitrogens is 3. The smallest absolute Gasteiger partial charge is 0.191 e. The maximum Gasteiger partial charge on any atom is 0.191 e. The van der Waals surface area contributed by atoms with Crippen molar-refractivity contribution in [1.82, 2.24) is 19.7 Å². The van der Waals surface area contributed by atoms with Gasteiger partial charge in [0.25, 0.3) is 0 Å². The van der Waals surface area contributed by atoms with Crippen LogP contribution in [0.2, 0.25) is 0 Å². The lowest BCUT2D eigenvalue weighted by molar-refractivity contribution is 0.272. The molecule has 3 aromatic rings. The summed E-state index contributed by atoms with van der Waals surface area (Å²) in [6.45, 7) is 2.90. The van der Waals surface area contributed by atoms with E-state index in [1.807, 2.05) is 30.3 Å². The number of hydrogen-bond acceptors (Lipinski definition) is 5. The summed E-state index contributed by atoms with van der Waals surface area (Å²) in [6, 6.07) is 20.6. The van der Waals surface area contributed by atoms with Gasteiger partial charge < -0.3 is 4.57 Å². The van der Waals surface area contributed by atoms with Crippen molar-refractivity contribution in [2.75, 3.05) is 14.1 Å². The van der Waals surface area contributed by atoms with Crippen molar-refractivity contribution < 1.29 is 0 Å². The minimum absolute atomic E-state index is 0.206. The molecule has 28 heavy (non-hydrogen) atoms. The maximum absolute atomic E-state index is 9.34. The monoisotopic (exact) mass is 391 g/mol. The van der Waals surface area contributed by atoms with Gasteiger partial charge in [-0.15, -0.1) is 10.2 Å². The molecular formula is C22H25N5S. The Bertz CT molecular complexity index is 943. The quantitative estimate of drug-likeness (QED) is 0.529. The van der Waals surface area contributed by atoms with Crippen molar-refractivity contribution in [2.45, 2.75) is 36.8 Å². The molecule has 0 unspecified atom stereocenters. The highest BCUT2D eigenvalue weighted by atomic mass is 32.2. The molecule has 0 radical (unpaired) electrons. The van der Waals surface area contributed by atoms with E-state index in [1.165, 1.54) is 5.56 Å². The Kier molecular flexibility index (Phi) is 6.85. The fourth-order valence-electron chi connectivity index (χ4n) is 3.24. The summed E-state index contributed by atoms with van der Waals surface area (Å²) < 4.78 is 2.21. The number of nitriles is 1. The molecule has 1 heterocycles. The predicted octanol–water partition coefficient (Wildman–Crippen LogP) is 4.50. The highest BCUT2D eigenvalue weighted by Crippen LogP contribution is 2.28. The van der Waals surface area contributed by atoms with Crippen LogP contribution in [0.1, 0.15) is 41.9 Å². The van der Waals surface area contributed by atoms with Crippen molar-refractivity contribution in [2.24, 2.45) is 0 Å². The minimum atomic E-state index is 0.206. The second kappa shape index (κ2) is 9.54. The van der Waals surface area contributed by atoms with Crippen LogP contribution in [0.4, 0.5) is 0 Å². The van der Waals surface area contributed by atoms with E-state index < -0.39 is 0 Å². The van der Waals surface area contributed by atoms with Crippen molar-refractivity contribution in [3.8, 4) is 6.07 Å². The lowest BCUT2D eigenvalue weighted by atomic mass is 10.1. The SMILES string of the molecule is CC[C@@H](c1nnc(SCc2ccccc2C#N)n1Cc1ccccc1)N(C)C. The van der Waals surface area contributed by atoms with Crippen LogP contribution < -0.4 is 0 Å². The lowest BCUT2D eigenvalue weighted by Gasteiger charge is -2.23. The van der Waals surface area contributed by atoms with Gasteiger partial charge in [0.15, 0.2) is 11.0 Å². The van der Waals surface area contributed by atoms with E-state index in [4.69, 9.17) is 0 Å². The van der Waals surface area contributed by atoms with Crippen LogP contribution in [-0.2, 0) is 12.3 Å². The van der Waals surface area contributed by atoms with E-state index in [0.717, 1.165) is 29.5 Å². The van der Waals surface area contributed by atoms with Gasteiger partial charge in [-0.25, -0.2) is 0 Å². The zero-order chi connectivity index (χ0) is 19.9. The fraction of sp³-hybridized carbons (Fsp3) is 0.318. The van der Waals surface area contributed by atoms with E-state index in [9.17, 15) is 5.26 Å². The second-order valence-electron chi connectivity index (χ2n) is 6.86. The summed E-state index contributed by atoms with van der Waals surface area (Å²) >= 11 is 1.63. The van der Waals surface area contributed by atoms with Gasteiger partial charge in [0.05, 0.1) is 24.2 Å². The van der Waals surface area contributed by atoms with Gasteiger partial charge in [-0.05, 0) is 37.7 Å². The molecule has 6 heteroatoms. The topological polar surface area (TPSA) is 57.7 Å². The number of hydrogen-bond donors (Lipinski definition) is 0. The largest absolute Gasteiger partial charge is 0.300 e. The van der Waals surface area contributed by atoms with Crippen molar-refractivity contribution >= 4 is 11.8 Å². The third-order valence-corrected chi connectivity index (χ3v) is 5.75. The van der Waals surface area contributed by atoms with Gasteiger partial charge in [0.2, 0.25) is 0 Å². The molecule has 0 saturated carbocycles. The Morgan fingerprint density at radius 1 is 1.07 bits per heavy atom. The van der Waals surface area contributed by atoms with Crippen molar-refractivity contribution in [1.29, 1.82) is 5.26 Å². The summed E-state index contributed by atoms with van der Waals surface area (Å²) in [5.41, 5.74) is 2.95. The van der Waals surface area contributed by atoms with Gasteiger partial charge in [-0.3, -0.25) is 4.90 Å². The van der Waals surface area contributed by atoms with E-state index in [0.29, 0.717) is 11.3 Å². The van der Waals surface area contributed by atoms with Crippen molar-refractivity contribution in [3.63, 3.8) is 0 Å². The second-order valence-corrected chi connectivity index (χ2v) is 7.80. The first kappa shape index (κ1) is 20.1. The standard InChI is InChI=1S/C22H25N5S/c1-4-20(26(2)3)21-24-25-22(27(21)15-17-10-6-5-7-11-17)28-16-19-13-9-8-12-18(19)14-23/h5-13,20H,4,15-16H2,1-3H3/t20-/m0/s1. The molecule has 3 rings (SSSR count). The predicted molar refractivity (Wildman–Crippen MR) is 113 cm³/mol. The highest BCUT2D eigenvalue weighted by Gasteiger charge is 2.22. The molecule has 144 valence electrons. The van der Waals surface area contributed by atoms with Gasteiger partial charge in [0.1, 0.15) is 0 Å². The Hall–Kier alpha value is -2.62. The fourth-order valence-corrected chi connectivity index (χ4v) is 4.19. The van der Waals surface area contributed by atoms with Gasteiger partial charge in [-0.1, -0.05) is 67.2 Å². The van der Waals surface area contributed by atoms with E-state index >= 15 is 0 Å². The molecule has 0 fully saturated rings. The molecule has 0 spiro atoms. The normalized spacial score (nSPS) is 12.1. The van der Waals surface area contributed by atoms with Crippen LogP contribution in [0.25, 0.3) is 0 Å². The molecule has 1 aromatic heterocycles. The van der Waals surface area contributed by atoms with E-state index in [-0.39, 0.29) is 6.04 Å². The lowest BCUT2D eigenvalue weighted by Crippen LogP contribution is -2.23. The van der Waals surface area contributed by atoms with Crippen LogP contribution in [-0.4, -0.2) is 33.8 Å². The van der Waals surface area contributed by atoms with E-state index in [2.05, 4.69) is 71.0 Å². The average Bonchev–Trinajstić information content (AvgIpc) is 3.10. The molecule has 1 atom stereocenters. The Balaban J connectivity index is 1.91. The van der Waals surface area contributed by atoms with Crippen molar-refractivity contribution in [3.05, 3.63) is 77.1 Å². The first-order valence-electron chi connectivity index (χ1n) is 9.38. The van der Waals surface area contributed by atoms with Gasteiger partial charge in [-0.2, -0.15) is 5.26 Å². The molecule has 0 aliphatic carbocycles. The van der Waals surface area contributed by atoms with Gasteiger partial charge in [0, 0.05) is 5.75 Å². The summed E-state index contributed by atoms with van der Waals surface area (Å²) in [4.78, 5) is 2.19. The van der Waals surface area contributed by atoms with Crippen LogP contribution >= 0.6 is 11.8 Å². The summed E-state index contributed by atoms with van der Waals surface area (Å²) in [5, 5.41) is 19.3. The Morgan fingerprint density at radius 3 is 2.46 bits per heavy atom. The number of thioether (sulfide) groups is 1. The number of nitrogens with zero attached hydrogens (tertiary/aromatic N) is 5. The third-order valence-electron chi connectivity index (χ3n) is 4.73. The van der Waals surface area contributed by atoms with Crippen LogP contribution in [0.3, 0.4) is 0 Å². The molecule has 0 bridgehead atoms. The average molecular weight is 392 g/mol. The van der Waals surface area contributed by atoms with Crippen LogP contribution in [0, 0.1) is 11.3 Å². The number of rotatable bonds is 8. The summed E-state index contributed by atoms with van der Waals surface area (Å²) in [7, 11) is 4.15.